The lowest BCUT2D eigenvalue weighted by molar-refractivity contribution is 0.305. The molecule has 0 radical (unpaired) electrons. The molecule has 9 heteroatoms. The number of ether oxygens (including phenoxy) is 1. The zero-order chi connectivity index (χ0) is 23.3. The minimum atomic E-state index is -0.374. The van der Waals surface area contributed by atoms with Crippen LogP contribution in [0.4, 0.5) is 5.69 Å². The maximum atomic E-state index is 12.4. The van der Waals surface area contributed by atoms with Gasteiger partial charge in [0, 0.05) is 30.1 Å². The number of aromatic amines is 1. The van der Waals surface area contributed by atoms with E-state index in [0.717, 1.165) is 40.8 Å². The van der Waals surface area contributed by atoms with E-state index < -0.39 is 0 Å². The first-order valence-electron chi connectivity index (χ1n) is 10.5. The molecule has 0 spiro atoms. The van der Waals surface area contributed by atoms with Crippen molar-refractivity contribution in [3.8, 4) is 28.1 Å². The minimum absolute atomic E-state index is 0.147. The third kappa shape index (κ3) is 3.65. The minimum Gasteiger partial charge on any atom is -0.501 e. The number of hydrogen-bond acceptors (Lipinski definition) is 5. The zero-order valence-electron chi connectivity index (χ0n) is 18.1. The third-order valence-corrected chi connectivity index (χ3v) is 6.07. The van der Waals surface area contributed by atoms with Gasteiger partial charge in [0.15, 0.2) is 0 Å². The van der Waals surface area contributed by atoms with Gasteiger partial charge in [0.1, 0.15) is 5.75 Å². The van der Waals surface area contributed by atoms with Gasteiger partial charge in [0.25, 0.3) is 5.56 Å². The van der Waals surface area contributed by atoms with E-state index in [1.54, 1.807) is 16.9 Å². The highest BCUT2D eigenvalue weighted by Gasteiger charge is 2.27. The van der Waals surface area contributed by atoms with Gasteiger partial charge in [0.2, 0.25) is 5.69 Å². The average Bonchev–Trinajstić information content (AvgIpc) is 3.51. The molecule has 0 unspecified atom stereocenters. The molecule has 8 nitrogen and oxygen atoms in total. The molecule has 4 aromatic rings. The number of fused-ring (bicyclic) bond motifs is 1. The number of aryl methyl sites for hydroxylation is 2. The van der Waals surface area contributed by atoms with E-state index in [1.807, 2.05) is 32.2 Å². The molecule has 0 aliphatic heterocycles. The molecule has 2 heterocycles. The van der Waals surface area contributed by atoms with E-state index in [4.69, 9.17) is 28.6 Å². The maximum absolute atomic E-state index is 12.4. The Balaban J connectivity index is 1.76. The van der Waals surface area contributed by atoms with E-state index >= 15 is 0 Å². The number of nitrogens with two attached hydrogens (primary N) is 1. The molecule has 1 saturated carbocycles. The van der Waals surface area contributed by atoms with Crippen molar-refractivity contribution in [2.75, 3.05) is 0 Å². The van der Waals surface area contributed by atoms with E-state index in [2.05, 4.69) is 20.1 Å². The lowest BCUT2D eigenvalue weighted by Crippen LogP contribution is -2.13. The van der Waals surface area contributed by atoms with Crippen molar-refractivity contribution in [3.05, 3.63) is 68.5 Å². The van der Waals surface area contributed by atoms with Crippen LogP contribution in [0.3, 0.4) is 0 Å². The van der Waals surface area contributed by atoms with Gasteiger partial charge in [-0.15, -0.1) is 0 Å². The van der Waals surface area contributed by atoms with Gasteiger partial charge in [-0.05, 0) is 49.1 Å². The van der Waals surface area contributed by atoms with Gasteiger partial charge < -0.3 is 10.5 Å². The molecular weight excluding hydrogens is 440 g/mol. The van der Waals surface area contributed by atoms with Gasteiger partial charge in [0.05, 0.1) is 40.7 Å². The van der Waals surface area contributed by atoms with Crippen LogP contribution in [0.2, 0.25) is 5.02 Å². The zero-order valence-corrected chi connectivity index (χ0v) is 18.9. The number of benzene rings is 2. The van der Waals surface area contributed by atoms with Gasteiger partial charge in [-0.25, -0.2) is 9.94 Å². The molecule has 2 aromatic carbocycles. The summed E-state index contributed by atoms with van der Waals surface area (Å²) in [5, 5.41) is 12.2. The van der Waals surface area contributed by atoms with Crippen LogP contribution in [-0.4, -0.2) is 26.1 Å². The Morgan fingerprint density at radius 2 is 2.09 bits per heavy atom. The van der Waals surface area contributed by atoms with Crippen LogP contribution in [0.15, 0.2) is 35.3 Å². The van der Waals surface area contributed by atoms with Gasteiger partial charge in [-0.2, -0.15) is 10.2 Å². The fourth-order valence-corrected chi connectivity index (χ4v) is 4.38. The standard InChI is InChI=1S/C24H21ClN6O2/c1-12-6-16(22(27-2)20(7-12)33-14-4-5-14)23-17(11-28-31(23)3)13-8-15-19(10-26)29-30-24(32)21(15)18(25)9-13/h6-9,11,14H,4-5,10,26H2,1,3H3,(H,30,32). The highest BCUT2D eigenvalue weighted by molar-refractivity contribution is 6.36. The van der Waals surface area contributed by atoms with Crippen LogP contribution in [0.5, 0.6) is 5.75 Å². The van der Waals surface area contributed by atoms with Gasteiger partial charge >= 0.3 is 0 Å². The highest BCUT2D eigenvalue weighted by Crippen LogP contribution is 2.45. The van der Waals surface area contributed by atoms with Crippen LogP contribution in [0.25, 0.3) is 38.0 Å². The molecule has 0 bridgehead atoms. The third-order valence-electron chi connectivity index (χ3n) is 5.77. The lowest BCUT2D eigenvalue weighted by atomic mass is 9.96. The second-order valence-corrected chi connectivity index (χ2v) is 8.61. The summed E-state index contributed by atoms with van der Waals surface area (Å²) in [4.78, 5) is 16.2. The first kappa shape index (κ1) is 21.2. The summed E-state index contributed by atoms with van der Waals surface area (Å²) in [6.07, 6.45) is 3.91. The first-order chi connectivity index (χ1) is 15.9. The van der Waals surface area contributed by atoms with Gasteiger partial charge in [-0.1, -0.05) is 17.7 Å². The summed E-state index contributed by atoms with van der Waals surface area (Å²) in [5.41, 5.74) is 10.5. The summed E-state index contributed by atoms with van der Waals surface area (Å²) < 4.78 is 7.78. The molecule has 1 aliphatic carbocycles. The Hall–Kier alpha value is -3.67. The van der Waals surface area contributed by atoms with Gasteiger partial charge in [-0.3, -0.25) is 9.48 Å². The fourth-order valence-electron chi connectivity index (χ4n) is 4.08. The number of nitrogens with zero attached hydrogens (tertiary/aromatic N) is 4. The molecule has 3 N–H and O–H groups in total. The van der Waals surface area contributed by atoms with Crippen LogP contribution < -0.4 is 16.0 Å². The van der Waals surface area contributed by atoms with Crippen LogP contribution in [0.1, 0.15) is 24.1 Å². The quantitative estimate of drug-likeness (QED) is 0.427. The van der Waals surface area contributed by atoms with Crippen molar-refractivity contribution >= 4 is 28.1 Å². The van der Waals surface area contributed by atoms with E-state index in [1.165, 1.54) is 0 Å². The Kier molecular flexibility index (Phi) is 5.16. The molecule has 5 rings (SSSR count). The van der Waals surface area contributed by atoms with Crippen molar-refractivity contribution in [1.82, 2.24) is 20.0 Å². The largest absolute Gasteiger partial charge is 0.501 e. The molecule has 0 saturated heterocycles. The summed E-state index contributed by atoms with van der Waals surface area (Å²) in [7, 11) is 1.83. The average molecular weight is 461 g/mol. The second kappa shape index (κ2) is 8.03. The predicted molar refractivity (Wildman–Crippen MR) is 128 cm³/mol. The van der Waals surface area contributed by atoms with Crippen LogP contribution in [0, 0.1) is 13.5 Å². The Morgan fingerprint density at radius 1 is 1.30 bits per heavy atom. The smallest absolute Gasteiger partial charge is 0.273 e. The number of hydrogen-bond donors (Lipinski definition) is 2. The predicted octanol–water partition coefficient (Wildman–Crippen LogP) is 4.50. The molecule has 0 amide bonds. The number of aromatic nitrogens is 4. The first-order valence-corrected chi connectivity index (χ1v) is 10.9. The maximum Gasteiger partial charge on any atom is 0.273 e. The molecule has 2 aromatic heterocycles. The molecule has 0 atom stereocenters. The molecule has 1 aliphatic rings. The number of rotatable bonds is 5. The fraction of sp³-hybridized carbons (Fsp3) is 0.250. The van der Waals surface area contributed by atoms with E-state index in [0.29, 0.717) is 32.9 Å². The number of H-pyrrole nitrogens is 1. The van der Waals surface area contributed by atoms with Crippen molar-refractivity contribution < 1.29 is 4.74 Å². The summed E-state index contributed by atoms with van der Waals surface area (Å²) in [6.45, 7) is 9.99. The highest BCUT2D eigenvalue weighted by atomic mass is 35.5. The lowest BCUT2D eigenvalue weighted by Gasteiger charge is -2.15. The van der Waals surface area contributed by atoms with Crippen molar-refractivity contribution in [3.63, 3.8) is 0 Å². The summed E-state index contributed by atoms with van der Waals surface area (Å²) >= 11 is 6.54. The molecule has 33 heavy (non-hydrogen) atoms. The van der Waals surface area contributed by atoms with E-state index in [9.17, 15) is 4.79 Å². The Morgan fingerprint density at radius 3 is 2.79 bits per heavy atom. The topological polar surface area (TPSA) is 103 Å². The summed E-state index contributed by atoms with van der Waals surface area (Å²) in [5.74, 6) is 0.590. The monoisotopic (exact) mass is 460 g/mol. The van der Waals surface area contributed by atoms with Crippen molar-refractivity contribution in [2.45, 2.75) is 32.4 Å². The SMILES string of the molecule is [C-]#[N+]c1c(OC2CC2)cc(C)cc1-c1c(-c2cc(Cl)c3c(=O)[nH]nc(CN)c3c2)cnn1C. The second-order valence-electron chi connectivity index (χ2n) is 8.20. The van der Waals surface area contributed by atoms with Crippen LogP contribution >= 0.6 is 11.6 Å². The Bertz CT molecular complexity index is 1510. The number of halogens is 1. The van der Waals surface area contributed by atoms with Crippen LogP contribution in [-0.2, 0) is 13.6 Å². The normalized spacial score (nSPS) is 13.3. The van der Waals surface area contributed by atoms with Crippen molar-refractivity contribution in [2.24, 2.45) is 12.8 Å². The molecule has 166 valence electrons. The number of nitrogens with one attached hydrogen (secondary N) is 1. The molecular formula is C24H21ClN6O2. The molecule has 1 fully saturated rings. The van der Waals surface area contributed by atoms with E-state index in [-0.39, 0.29) is 18.2 Å². The van der Waals surface area contributed by atoms with Crippen molar-refractivity contribution in [1.29, 1.82) is 0 Å². The Labute approximate surface area is 194 Å². The summed E-state index contributed by atoms with van der Waals surface area (Å²) in [6, 6.07) is 7.45.